The van der Waals surface area contributed by atoms with Crippen LogP contribution in [0.2, 0.25) is 0 Å². The van der Waals surface area contributed by atoms with Crippen molar-refractivity contribution in [3.63, 3.8) is 0 Å². The number of aryl methyl sites for hydroxylation is 1. The van der Waals surface area contributed by atoms with Gasteiger partial charge in [-0.2, -0.15) is 0 Å². The molecule has 1 aliphatic heterocycles. The summed E-state index contributed by atoms with van der Waals surface area (Å²) in [5, 5.41) is 19.2. The summed E-state index contributed by atoms with van der Waals surface area (Å²) < 4.78 is 8.97. The molecule has 10 nitrogen and oxygen atoms in total. The van der Waals surface area contributed by atoms with Crippen molar-refractivity contribution < 1.29 is 9.53 Å². The van der Waals surface area contributed by atoms with Crippen molar-refractivity contribution in [3.05, 3.63) is 36.0 Å². The van der Waals surface area contributed by atoms with Gasteiger partial charge in [0.25, 0.3) is 5.91 Å². The Balaban J connectivity index is 1.61. The molecule has 1 amide bonds. The minimum absolute atomic E-state index is 0.105. The molecular weight excluding hydrogens is 300 g/mol. The second-order valence-electron chi connectivity index (χ2n) is 5.25. The molecule has 10 heteroatoms. The van der Waals surface area contributed by atoms with Crippen molar-refractivity contribution in [2.24, 2.45) is 7.05 Å². The number of ether oxygens (including phenoxy) is 1. The molecule has 0 radical (unpaired) electrons. The number of tetrazole rings is 1. The highest BCUT2D eigenvalue weighted by Crippen LogP contribution is 2.21. The zero-order valence-corrected chi connectivity index (χ0v) is 12.4. The summed E-state index contributed by atoms with van der Waals surface area (Å²) in [5.74, 6) is 0.496. The van der Waals surface area contributed by atoms with Crippen LogP contribution in [0.4, 0.5) is 0 Å². The Morgan fingerprint density at radius 2 is 2.30 bits per heavy atom. The van der Waals surface area contributed by atoms with E-state index in [0.29, 0.717) is 36.7 Å². The van der Waals surface area contributed by atoms with Gasteiger partial charge in [0.05, 0.1) is 18.7 Å². The predicted octanol–water partition coefficient (Wildman–Crippen LogP) is -0.534. The highest BCUT2D eigenvalue weighted by molar-refractivity contribution is 5.99. The van der Waals surface area contributed by atoms with E-state index in [9.17, 15) is 4.79 Å². The zero-order valence-electron chi connectivity index (χ0n) is 12.4. The van der Waals surface area contributed by atoms with E-state index in [4.69, 9.17) is 4.74 Å². The fourth-order valence-corrected chi connectivity index (χ4v) is 2.69. The molecule has 1 atom stereocenters. The third-order valence-electron chi connectivity index (χ3n) is 3.85. The van der Waals surface area contributed by atoms with E-state index in [1.807, 2.05) is 0 Å². The number of fused-ring (bicyclic) bond motifs is 1. The first kappa shape index (κ1) is 13.8. The second kappa shape index (κ2) is 5.39. The van der Waals surface area contributed by atoms with Gasteiger partial charge < -0.3 is 9.64 Å². The average molecular weight is 314 g/mol. The minimum atomic E-state index is -0.342. The summed E-state index contributed by atoms with van der Waals surface area (Å²) in [6.45, 7) is 1.33. The van der Waals surface area contributed by atoms with Crippen molar-refractivity contribution in [2.45, 2.75) is 6.10 Å². The third kappa shape index (κ3) is 2.32. The Morgan fingerprint density at radius 3 is 3.13 bits per heavy atom. The van der Waals surface area contributed by atoms with Crippen LogP contribution in [0.25, 0.3) is 5.65 Å². The van der Waals surface area contributed by atoms with Gasteiger partial charge in [-0.05, 0) is 22.6 Å². The first-order chi connectivity index (χ1) is 11.2. The van der Waals surface area contributed by atoms with Gasteiger partial charge in [0.1, 0.15) is 12.4 Å². The van der Waals surface area contributed by atoms with Gasteiger partial charge >= 0.3 is 0 Å². The Labute approximate surface area is 130 Å². The lowest BCUT2D eigenvalue weighted by molar-refractivity contribution is -0.0283. The van der Waals surface area contributed by atoms with Gasteiger partial charge in [-0.15, -0.1) is 15.3 Å². The molecule has 0 saturated carbocycles. The minimum Gasteiger partial charge on any atom is -0.366 e. The average Bonchev–Trinajstić information content (AvgIpc) is 3.22. The number of pyridine rings is 1. The third-order valence-corrected chi connectivity index (χ3v) is 3.85. The first-order valence-corrected chi connectivity index (χ1v) is 7.15. The van der Waals surface area contributed by atoms with E-state index >= 15 is 0 Å². The summed E-state index contributed by atoms with van der Waals surface area (Å²) >= 11 is 0. The maximum Gasteiger partial charge on any atom is 0.257 e. The van der Waals surface area contributed by atoms with Crippen LogP contribution in [0, 0.1) is 0 Å². The molecular formula is C13H14N8O2. The quantitative estimate of drug-likeness (QED) is 0.626. The van der Waals surface area contributed by atoms with Gasteiger partial charge in [-0.3, -0.25) is 9.20 Å². The molecule has 3 aromatic rings. The smallest absolute Gasteiger partial charge is 0.257 e. The van der Waals surface area contributed by atoms with Crippen molar-refractivity contribution >= 4 is 11.6 Å². The number of amides is 1. The Kier molecular flexibility index (Phi) is 3.23. The van der Waals surface area contributed by atoms with Gasteiger partial charge in [0.15, 0.2) is 11.5 Å². The van der Waals surface area contributed by atoms with Gasteiger partial charge in [0.2, 0.25) is 0 Å². The number of hydrogen-bond donors (Lipinski definition) is 0. The largest absolute Gasteiger partial charge is 0.366 e. The molecule has 1 unspecified atom stereocenters. The molecule has 3 aromatic heterocycles. The Bertz CT molecular complexity index is 856. The number of rotatable bonds is 2. The number of morpholine rings is 1. The molecule has 0 N–H and O–H groups in total. The molecule has 0 aliphatic carbocycles. The van der Waals surface area contributed by atoms with E-state index in [1.54, 1.807) is 45.7 Å². The lowest BCUT2D eigenvalue weighted by Crippen LogP contribution is -2.43. The fourth-order valence-electron chi connectivity index (χ4n) is 2.69. The summed E-state index contributed by atoms with van der Waals surface area (Å²) in [4.78, 5) is 14.6. The number of aromatic nitrogens is 7. The van der Waals surface area contributed by atoms with Crippen molar-refractivity contribution in [1.29, 1.82) is 0 Å². The van der Waals surface area contributed by atoms with Crippen LogP contribution < -0.4 is 0 Å². The van der Waals surface area contributed by atoms with Crippen LogP contribution in [-0.2, 0) is 11.8 Å². The molecule has 4 rings (SSSR count). The first-order valence-electron chi connectivity index (χ1n) is 7.15. The molecule has 23 heavy (non-hydrogen) atoms. The Hall–Kier alpha value is -2.88. The van der Waals surface area contributed by atoms with Crippen LogP contribution in [0.15, 0.2) is 24.7 Å². The number of carbonyl (C=O) groups excluding carboxylic acids is 1. The second-order valence-corrected chi connectivity index (χ2v) is 5.25. The standard InChI is InChI=1S/C13H14N8O2/c1-19-12(16-17-18-19)10-7-20(5-6-23-10)13(22)9-3-2-4-21-8-14-15-11(9)21/h2-4,8,10H,5-7H2,1H3. The summed E-state index contributed by atoms with van der Waals surface area (Å²) in [7, 11) is 1.75. The number of nitrogens with zero attached hydrogens (tertiary/aromatic N) is 8. The van der Waals surface area contributed by atoms with Gasteiger partial charge in [-0.1, -0.05) is 0 Å². The van der Waals surface area contributed by atoms with E-state index in [-0.39, 0.29) is 12.0 Å². The van der Waals surface area contributed by atoms with Gasteiger partial charge in [-0.25, -0.2) is 4.68 Å². The van der Waals surface area contributed by atoms with Crippen molar-refractivity contribution in [2.75, 3.05) is 19.7 Å². The van der Waals surface area contributed by atoms with Crippen LogP contribution >= 0.6 is 0 Å². The van der Waals surface area contributed by atoms with E-state index < -0.39 is 0 Å². The topological polar surface area (TPSA) is 103 Å². The van der Waals surface area contributed by atoms with Crippen LogP contribution in [-0.4, -0.2) is 65.3 Å². The Morgan fingerprint density at radius 1 is 1.39 bits per heavy atom. The number of hydrogen-bond acceptors (Lipinski definition) is 7. The monoisotopic (exact) mass is 314 g/mol. The SMILES string of the molecule is Cn1nnnc1C1CN(C(=O)c2cccn3cnnc23)CCO1. The van der Waals surface area contributed by atoms with Gasteiger partial charge in [0, 0.05) is 19.8 Å². The highest BCUT2D eigenvalue weighted by atomic mass is 16.5. The van der Waals surface area contributed by atoms with E-state index in [2.05, 4.69) is 25.7 Å². The normalized spacial score (nSPS) is 18.5. The lowest BCUT2D eigenvalue weighted by atomic mass is 10.2. The molecule has 0 aromatic carbocycles. The fraction of sp³-hybridized carbons (Fsp3) is 0.385. The van der Waals surface area contributed by atoms with Crippen molar-refractivity contribution in [3.8, 4) is 0 Å². The summed E-state index contributed by atoms with van der Waals surface area (Å²) in [6, 6.07) is 3.55. The van der Waals surface area contributed by atoms with E-state index in [0.717, 1.165) is 0 Å². The summed E-state index contributed by atoms with van der Waals surface area (Å²) in [5.41, 5.74) is 1.06. The molecule has 4 heterocycles. The van der Waals surface area contributed by atoms with E-state index in [1.165, 1.54) is 0 Å². The van der Waals surface area contributed by atoms with Crippen LogP contribution in [0.3, 0.4) is 0 Å². The van der Waals surface area contributed by atoms with Crippen LogP contribution in [0.5, 0.6) is 0 Å². The highest BCUT2D eigenvalue weighted by Gasteiger charge is 2.30. The maximum absolute atomic E-state index is 12.8. The molecule has 1 saturated heterocycles. The number of carbonyl (C=O) groups is 1. The molecule has 1 aliphatic rings. The lowest BCUT2D eigenvalue weighted by Gasteiger charge is -2.32. The summed E-state index contributed by atoms with van der Waals surface area (Å²) in [6.07, 6.45) is 3.03. The molecule has 118 valence electrons. The predicted molar refractivity (Wildman–Crippen MR) is 76.4 cm³/mol. The molecule has 1 fully saturated rings. The maximum atomic E-state index is 12.8. The molecule has 0 bridgehead atoms. The molecule has 0 spiro atoms. The van der Waals surface area contributed by atoms with Crippen LogP contribution in [0.1, 0.15) is 22.3 Å². The van der Waals surface area contributed by atoms with Crippen molar-refractivity contribution in [1.82, 2.24) is 39.7 Å². The zero-order chi connectivity index (χ0) is 15.8.